The second-order valence-electron chi connectivity index (χ2n) is 4.03. The van der Waals surface area contributed by atoms with Crippen LogP contribution in [-0.4, -0.2) is 12.6 Å². The molecule has 88 valence electrons. The maximum atomic E-state index is 11.8. The molecule has 0 N–H and O–H groups in total. The Labute approximate surface area is 105 Å². The van der Waals surface area contributed by atoms with E-state index in [-0.39, 0.29) is 17.8 Å². The Hall–Kier alpha value is -0.830. The largest absolute Gasteiger partial charge is 0.466 e. The van der Waals surface area contributed by atoms with Crippen molar-refractivity contribution < 1.29 is 9.53 Å². The highest BCUT2D eigenvalue weighted by Crippen LogP contribution is 2.27. The molecule has 3 heteroatoms. The molecular weight excluding hydrogens is 268 g/mol. The van der Waals surface area contributed by atoms with Crippen LogP contribution in [0.1, 0.15) is 32.3 Å². The van der Waals surface area contributed by atoms with Gasteiger partial charge in [0.25, 0.3) is 0 Å². The highest BCUT2D eigenvalue weighted by atomic mass is 79.9. The zero-order chi connectivity index (χ0) is 12.1. The first-order valence-corrected chi connectivity index (χ1v) is 6.27. The zero-order valence-electron chi connectivity index (χ0n) is 9.87. The van der Waals surface area contributed by atoms with Gasteiger partial charge < -0.3 is 4.74 Å². The normalized spacial score (nSPS) is 12.6. The van der Waals surface area contributed by atoms with E-state index in [0.717, 1.165) is 10.0 Å². The number of carbonyl (C=O) groups is 1. The summed E-state index contributed by atoms with van der Waals surface area (Å²) in [4.78, 5) is 11.8. The minimum Gasteiger partial charge on any atom is -0.466 e. The molecule has 0 aliphatic heterocycles. The molecule has 0 radical (unpaired) electrons. The molecule has 0 aromatic heterocycles. The molecular formula is C13H17BrO2. The van der Waals surface area contributed by atoms with Crippen molar-refractivity contribution in [3.8, 4) is 0 Å². The van der Waals surface area contributed by atoms with Gasteiger partial charge in [-0.1, -0.05) is 41.9 Å². The van der Waals surface area contributed by atoms with E-state index in [0.29, 0.717) is 6.61 Å². The van der Waals surface area contributed by atoms with E-state index in [9.17, 15) is 4.79 Å². The van der Waals surface area contributed by atoms with Crippen LogP contribution in [0.4, 0.5) is 0 Å². The van der Waals surface area contributed by atoms with Gasteiger partial charge in [0.1, 0.15) is 0 Å². The average Bonchev–Trinajstić information content (AvgIpc) is 2.21. The van der Waals surface area contributed by atoms with Gasteiger partial charge in [0.2, 0.25) is 0 Å². The molecule has 0 amide bonds. The van der Waals surface area contributed by atoms with Crippen LogP contribution in [0.15, 0.2) is 28.7 Å². The molecule has 0 bridgehead atoms. The highest BCUT2D eigenvalue weighted by molar-refractivity contribution is 9.10. The van der Waals surface area contributed by atoms with Crippen molar-refractivity contribution in [2.75, 3.05) is 6.61 Å². The highest BCUT2D eigenvalue weighted by Gasteiger charge is 2.25. The van der Waals surface area contributed by atoms with Gasteiger partial charge in [-0.3, -0.25) is 4.79 Å². The topological polar surface area (TPSA) is 26.3 Å². The second-order valence-corrected chi connectivity index (χ2v) is 4.94. The molecule has 0 aliphatic carbocycles. The minimum absolute atomic E-state index is 0.139. The lowest BCUT2D eigenvalue weighted by Crippen LogP contribution is -2.20. The van der Waals surface area contributed by atoms with Crippen LogP contribution in [0.2, 0.25) is 0 Å². The fourth-order valence-electron chi connectivity index (χ4n) is 1.70. The summed E-state index contributed by atoms with van der Waals surface area (Å²) >= 11 is 3.38. The minimum atomic E-state index is -0.173. The molecule has 1 atom stereocenters. The van der Waals surface area contributed by atoms with E-state index in [4.69, 9.17) is 4.74 Å². The Morgan fingerprint density at radius 2 is 1.88 bits per heavy atom. The molecule has 1 aromatic carbocycles. The first-order chi connectivity index (χ1) is 7.56. The predicted molar refractivity (Wildman–Crippen MR) is 68.4 cm³/mol. The number of hydrogen-bond acceptors (Lipinski definition) is 2. The molecule has 0 fully saturated rings. The molecule has 0 unspecified atom stereocenters. The molecule has 0 aliphatic rings. The van der Waals surface area contributed by atoms with Crippen LogP contribution in [-0.2, 0) is 9.53 Å². The molecule has 1 aromatic rings. The number of carbonyl (C=O) groups excluding carboxylic acids is 1. The molecule has 0 saturated carbocycles. The van der Waals surface area contributed by atoms with E-state index >= 15 is 0 Å². The zero-order valence-corrected chi connectivity index (χ0v) is 11.5. The Morgan fingerprint density at radius 1 is 1.31 bits per heavy atom. The van der Waals surface area contributed by atoms with Crippen molar-refractivity contribution in [3.63, 3.8) is 0 Å². The summed E-state index contributed by atoms with van der Waals surface area (Å²) in [7, 11) is 0. The first-order valence-electron chi connectivity index (χ1n) is 5.48. The third-order valence-electron chi connectivity index (χ3n) is 2.44. The molecule has 0 spiro atoms. The number of rotatable bonds is 4. The molecule has 0 saturated heterocycles. The average molecular weight is 285 g/mol. The van der Waals surface area contributed by atoms with Crippen molar-refractivity contribution in [1.82, 2.24) is 0 Å². The van der Waals surface area contributed by atoms with Gasteiger partial charge in [-0.25, -0.2) is 0 Å². The number of esters is 1. The maximum absolute atomic E-state index is 11.8. The molecule has 16 heavy (non-hydrogen) atoms. The third kappa shape index (κ3) is 3.34. The quantitative estimate of drug-likeness (QED) is 0.787. The summed E-state index contributed by atoms with van der Waals surface area (Å²) < 4.78 is 6.12. The lowest BCUT2D eigenvalue weighted by Gasteiger charge is -2.19. The van der Waals surface area contributed by atoms with Gasteiger partial charge in [-0.2, -0.15) is 0 Å². The molecule has 2 nitrogen and oxygen atoms in total. The Bertz CT molecular complexity index is 343. The third-order valence-corrected chi connectivity index (χ3v) is 2.96. The van der Waals surface area contributed by atoms with Crippen molar-refractivity contribution in [3.05, 3.63) is 34.3 Å². The first kappa shape index (κ1) is 13.2. The van der Waals surface area contributed by atoms with Crippen LogP contribution in [0.5, 0.6) is 0 Å². The van der Waals surface area contributed by atoms with Crippen molar-refractivity contribution in [1.29, 1.82) is 0 Å². The van der Waals surface area contributed by atoms with Gasteiger partial charge in [-0.15, -0.1) is 0 Å². The molecule has 1 rings (SSSR count). The van der Waals surface area contributed by atoms with E-state index in [1.165, 1.54) is 0 Å². The summed E-state index contributed by atoms with van der Waals surface area (Å²) in [6.45, 7) is 6.32. The van der Waals surface area contributed by atoms with E-state index in [1.807, 2.05) is 45.0 Å². The smallest absolute Gasteiger partial charge is 0.313 e. The van der Waals surface area contributed by atoms with Crippen LogP contribution in [0, 0.1) is 5.92 Å². The second kappa shape index (κ2) is 6.04. The van der Waals surface area contributed by atoms with Crippen LogP contribution in [0.25, 0.3) is 0 Å². The Morgan fingerprint density at radius 3 is 2.31 bits per heavy atom. The van der Waals surface area contributed by atoms with Crippen molar-refractivity contribution >= 4 is 21.9 Å². The summed E-state index contributed by atoms with van der Waals surface area (Å²) in [5, 5.41) is 0. The summed E-state index contributed by atoms with van der Waals surface area (Å²) in [5.74, 6) is -0.0758. The predicted octanol–water partition coefficient (Wildman–Crippen LogP) is 3.75. The van der Waals surface area contributed by atoms with E-state index in [1.54, 1.807) is 0 Å². The maximum Gasteiger partial charge on any atom is 0.313 e. The Kier molecular flexibility index (Phi) is 5.00. The number of benzene rings is 1. The SMILES string of the molecule is CCOC(=O)[C@H](c1ccc(Br)cc1)C(C)C. The lowest BCUT2D eigenvalue weighted by molar-refractivity contribution is -0.146. The summed E-state index contributed by atoms with van der Waals surface area (Å²) in [6, 6.07) is 7.82. The number of ether oxygens (including phenoxy) is 1. The standard InChI is InChI=1S/C13H17BrO2/c1-4-16-13(15)12(9(2)3)10-5-7-11(14)8-6-10/h5-9,12H,4H2,1-3H3/t12-/m0/s1. The Balaban J connectivity index is 2.93. The van der Waals surface area contributed by atoms with Crippen LogP contribution >= 0.6 is 15.9 Å². The number of hydrogen-bond donors (Lipinski definition) is 0. The van der Waals surface area contributed by atoms with Gasteiger partial charge in [0.05, 0.1) is 12.5 Å². The van der Waals surface area contributed by atoms with Gasteiger partial charge in [-0.05, 0) is 30.5 Å². The molecule has 0 heterocycles. The fraction of sp³-hybridized carbons (Fsp3) is 0.462. The summed E-state index contributed by atoms with van der Waals surface area (Å²) in [5.41, 5.74) is 1.01. The van der Waals surface area contributed by atoms with Crippen LogP contribution < -0.4 is 0 Å². The van der Waals surface area contributed by atoms with E-state index in [2.05, 4.69) is 15.9 Å². The van der Waals surface area contributed by atoms with Crippen LogP contribution in [0.3, 0.4) is 0 Å². The summed E-state index contributed by atoms with van der Waals surface area (Å²) in [6.07, 6.45) is 0. The van der Waals surface area contributed by atoms with Crippen molar-refractivity contribution in [2.45, 2.75) is 26.7 Å². The number of halogens is 1. The fourth-order valence-corrected chi connectivity index (χ4v) is 1.96. The van der Waals surface area contributed by atoms with Gasteiger partial charge in [0, 0.05) is 4.47 Å². The lowest BCUT2D eigenvalue weighted by atomic mass is 9.88. The monoisotopic (exact) mass is 284 g/mol. The van der Waals surface area contributed by atoms with Gasteiger partial charge >= 0.3 is 5.97 Å². The van der Waals surface area contributed by atoms with Gasteiger partial charge in [0.15, 0.2) is 0 Å². The van der Waals surface area contributed by atoms with E-state index < -0.39 is 0 Å². The van der Waals surface area contributed by atoms with Crippen molar-refractivity contribution in [2.24, 2.45) is 5.92 Å².